The maximum Gasteiger partial charge on any atom is 0.307 e. The first-order valence-corrected chi connectivity index (χ1v) is 11.2. The van der Waals surface area contributed by atoms with Crippen molar-refractivity contribution in [2.75, 3.05) is 0 Å². The standard InChI is InChI=1S/C26H19O2P/c27-29(22-16-8-3-9-17-22)24-19-11-10-18-23(24)25(20-12-4-1-5-13-20)26(28-29)21-14-6-2-7-15-21/h1-19H/t29-/m1/s1. The number of benzene rings is 4. The average molecular weight is 394 g/mol. The van der Waals surface area contributed by atoms with Crippen LogP contribution >= 0.6 is 7.37 Å². The van der Waals surface area contributed by atoms with E-state index in [2.05, 4.69) is 12.1 Å². The highest BCUT2D eigenvalue weighted by molar-refractivity contribution is 7.74. The van der Waals surface area contributed by atoms with Crippen LogP contribution in [0.25, 0.3) is 11.3 Å². The van der Waals surface area contributed by atoms with Crippen LogP contribution in [0.2, 0.25) is 0 Å². The molecule has 1 heterocycles. The molecule has 0 unspecified atom stereocenters. The molecule has 0 saturated heterocycles. The zero-order chi connectivity index (χ0) is 19.7. The molecule has 5 rings (SSSR count). The Morgan fingerprint density at radius 1 is 0.552 bits per heavy atom. The Balaban J connectivity index is 1.85. The minimum Gasteiger partial charge on any atom is -0.436 e. The van der Waals surface area contributed by atoms with E-state index in [0.717, 1.165) is 27.6 Å². The maximum atomic E-state index is 14.4. The first-order valence-electron chi connectivity index (χ1n) is 9.58. The van der Waals surface area contributed by atoms with Crippen molar-refractivity contribution in [3.8, 4) is 0 Å². The predicted octanol–water partition coefficient (Wildman–Crippen LogP) is 5.86. The molecule has 0 aromatic heterocycles. The highest BCUT2D eigenvalue weighted by Gasteiger charge is 2.39. The molecule has 0 aliphatic carbocycles. The molecule has 0 radical (unpaired) electrons. The number of hydrogen-bond acceptors (Lipinski definition) is 2. The SMILES string of the molecule is O=[P@]1(c2ccccc2)OC(c2ccccc2)=C(c2ccccc2)c2ccccc21. The van der Waals surface area contributed by atoms with Gasteiger partial charge in [0.2, 0.25) is 0 Å². The van der Waals surface area contributed by atoms with Gasteiger partial charge < -0.3 is 4.52 Å². The van der Waals surface area contributed by atoms with E-state index in [1.165, 1.54) is 0 Å². The molecule has 0 amide bonds. The molecule has 2 nitrogen and oxygen atoms in total. The molecule has 4 aromatic carbocycles. The zero-order valence-electron chi connectivity index (χ0n) is 15.7. The van der Waals surface area contributed by atoms with Crippen molar-refractivity contribution >= 4 is 29.3 Å². The summed E-state index contributed by atoms with van der Waals surface area (Å²) in [6, 6.07) is 37.5. The normalized spacial score (nSPS) is 18.1. The van der Waals surface area contributed by atoms with Gasteiger partial charge in [0.15, 0.2) is 0 Å². The molecule has 140 valence electrons. The smallest absolute Gasteiger partial charge is 0.307 e. The van der Waals surface area contributed by atoms with E-state index in [0.29, 0.717) is 11.1 Å². The van der Waals surface area contributed by atoms with Crippen LogP contribution in [0.15, 0.2) is 115 Å². The summed E-state index contributed by atoms with van der Waals surface area (Å²) in [6.45, 7) is 0. The third-order valence-corrected chi connectivity index (χ3v) is 7.57. The molecule has 0 fully saturated rings. The van der Waals surface area contributed by atoms with Crippen LogP contribution in [0.4, 0.5) is 0 Å². The average Bonchev–Trinajstić information content (AvgIpc) is 2.81. The molecule has 1 aliphatic rings. The quantitative estimate of drug-likeness (QED) is 0.407. The van der Waals surface area contributed by atoms with E-state index in [4.69, 9.17) is 4.52 Å². The first kappa shape index (κ1) is 17.7. The fourth-order valence-corrected chi connectivity index (χ4v) is 6.07. The molecule has 0 saturated carbocycles. The molecular weight excluding hydrogens is 375 g/mol. The summed E-state index contributed by atoms with van der Waals surface area (Å²) in [5, 5.41) is 1.44. The minimum absolute atomic E-state index is 0.655. The van der Waals surface area contributed by atoms with Gasteiger partial charge in [-0.3, -0.25) is 4.57 Å². The highest BCUT2D eigenvalue weighted by atomic mass is 31.2. The van der Waals surface area contributed by atoms with Crippen LogP contribution in [0, 0.1) is 0 Å². The number of rotatable bonds is 3. The molecule has 0 N–H and O–H groups in total. The largest absolute Gasteiger partial charge is 0.436 e. The summed E-state index contributed by atoms with van der Waals surface area (Å²) in [5.41, 5.74) is 3.88. The van der Waals surface area contributed by atoms with Gasteiger partial charge in [0.25, 0.3) is 0 Å². The van der Waals surface area contributed by atoms with E-state index in [1.54, 1.807) is 0 Å². The van der Waals surface area contributed by atoms with E-state index < -0.39 is 7.37 Å². The fraction of sp³-hybridized carbons (Fsp3) is 0. The molecule has 3 heteroatoms. The zero-order valence-corrected chi connectivity index (χ0v) is 16.6. The van der Waals surface area contributed by atoms with Gasteiger partial charge in [-0.2, -0.15) is 0 Å². The monoisotopic (exact) mass is 394 g/mol. The Labute approximate surface area is 170 Å². The van der Waals surface area contributed by atoms with Gasteiger partial charge in [-0.05, 0) is 23.8 Å². The van der Waals surface area contributed by atoms with Crippen molar-refractivity contribution in [1.29, 1.82) is 0 Å². The predicted molar refractivity (Wildman–Crippen MR) is 120 cm³/mol. The van der Waals surface area contributed by atoms with E-state index in [9.17, 15) is 4.57 Å². The highest BCUT2D eigenvalue weighted by Crippen LogP contribution is 2.55. The number of hydrogen-bond donors (Lipinski definition) is 0. The molecule has 1 atom stereocenters. The Kier molecular flexibility index (Phi) is 4.42. The summed E-state index contributed by atoms with van der Waals surface area (Å²) in [6.07, 6.45) is 0. The van der Waals surface area contributed by atoms with Crippen LogP contribution in [0.5, 0.6) is 0 Å². The number of fused-ring (bicyclic) bond motifs is 1. The van der Waals surface area contributed by atoms with Crippen LogP contribution in [0.1, 0.15) is 16.7 Å². The minimum atomic E-state index is -3.29. The summed E-state index contributed by atoms with van der Waals surface area (Å²) in [5.74, 6) is 0.655. The van der Waals surface area contributed by atoms with Gasteiger partial charge in [-0.1, -0.05) is 97.1 Å². The van der Waals surface area contributed by atoms with Crippen LogP contribution in [-0.4, -0.2) is 0 Å². The Bertz CT molecular complexity index is 1230. The summed E-state index contributed by atoms with van der Waals surface area (Å²) >= 11 is 0. The topological polar surface area (TPSA) is 26.3 Å². The van der Waals surface area contributed by atoms with Gasteiger partial charge in [0.1, 0.15) is 5.76 Å². The van der Waals surface area contributed by atoms with Gasteiger partial charge in [0.05, 0.1) is 10.6 Å². The molecule has 0 spiro atoms. The lowest BCUT2D eigenvalue weighted by molar-refractivity contribution is 0.480. The van der Waals surface area contributed by atoms with Crippen LogP contribution < -0.4 is 10.6 Å². The van der Waals surface area contributed by atoms with Crippen LogP contribution in [-0.2, 0) is 9.09 Å². The third kappa shape index (κ3) is 3.03. The fourth-order valence-electron chi connectivity index (χ4n) is 3.78. The Morgan fingerprint density at radius 2 is 1.07 bits per heavy atom. The Hall–Kier alpha value is -3.35. The van der Waals surface area contributed by atoms with Crippen molar-refractivity contribution in [3.63, 3.8) is 0 Å². The molecule has 0 bridgehead atoms. The van der Waals surface area contributed by atoms with Gasteiger partial charge in [-0.15, -0.1) is 0 Å². The maximum absolute atomic E-state index is 14.4. The Morgan fingerprint density at radius 3 is 1.72 bits per heavy atom. The molecule has 4 aromatic rings. The van der Waals surface area contributed by atoms with E-state index in [-0.39, 0.29) is 0 Å². The summed E-state index contributed by atoms with van der Waals surface area (Å²) in [7, 11) is -3.29. The third-order valence-electron chi connectivity index (χ3n) is 5.13. The summed E-state index contributed by atoms with van der Waals surface area (Å²) in [4.78, 5) is 0. The second kappa shape index (κ2) is 7.24. The second-order valence-corrected chi connectivity index (χ2v) is 9.22. The summed E-state index contributed by atoms with van der Waals surface area (Å²) < 4.78 is 20.8. The van der Waals surface area contributed by atoms with Crippen molar-refractivity contribution in [1.82, 2.24) is 0 Å². The first-order chi connectivity index (χ1) is 14.3. The lowest BCUT2D eigenvalue weighted by Crippen LogP contribution is -2.25. The van der Waals surface area contributed by atoms with Crippen molar-refractivity contribution in [2.24, 2.45) is 0 Å². The van der Waals surface area contributed by atoms with E-state index >= 15 is 0 Å². The van der Waals surface area contributed by atoms with Gasteiger partial charge >= 0.3 is 7.37 Å². The molecular formula is C26H19O2P. The second-order valence-electron chi connectivity index (χ2n) is 6.93. The van der Waals surface area contributed by atoms with Crippen molar-refractivity contribution in [3.05, 3.63) is 132 Å². The van der Waals surface area contributed by atoms with Gasteiger partial charge in [0, 0.05) is 16.7 Å². The molecule has 1 aliphatic heterocycles. The van der Waals surface area contributed by atoms with Gasteiger partial charge in [-0.25, -0.2) is 0 Å². The van der Waals surface area contributed by atoms with Crippen molar-refractivity contribution < 1.29 is 9.09 Å². The van der Waals surface area contributed by atoms with E-state index in [1.807, 2.05) is 103 Å². The molecule has 29 heavy (non-hydrogen) atoms. The lowest BCUT2D eigenvalue weighted by Gasteiger charge is -2.31. The van der Waals surface area contributed by atoms with Crippen LogP contribution in [0.3, 0.4) is 0 Å². The van der Waals surface area contributed by atoms with Crippen molar-refractivity contribution in [2.45, 2.75) is 0 Å². The lowest BCUT2D eigenvalue weighted by atomic mass is 9.94.